The Balaban J connectivity index is 1.51. The minimum atomic E-state index is -0.448. The normalized spacial score (nSPS) is 24.0. The summed E-state index contributed by atoms with van der Waals surface area (Å²) in [6, 6.07) is 3.63. The average molecular weight is 362 g/mol. The Bertz CT molecular complexity index is 656. The van der Waals surface area contributed by atoms with Crippen LogP contribution in [0.4, 0.5) is 0 Å². The smallest absolute Gasteiger partial charge is 0.246 e. The van der Waals surface area contributed by atoms with Gasteiger partial charge in [-0.2, -0.15) is 0 Å². The highest BCUT2D eigenvalue weighted by molar-refractivity contribution is 8.01. The van der Waals surface area contributed by atoms with Crippen molar-refractivity contribution in [1.29, 1.82) is 0 Å². The summed E-state index contributed by atoms with van der Waals surface area (Å²) in [5.74, 6) is 0.640. The molecule has 2 fully saturated rings. The van der Waals surface area contributed by atoms with Crippen LogP contribution in [-0.4, -0.2) is 69.3 Å². The topological polar surface area (TPSA) is 65.5 Å². The summed E-state index contributed by atoms with van der Waals surface area (Å²) in [5.41, 5.74) is 2.30. The van der Waals surface area contributed by atoms with Crippen molar-refractivity contribution in [3.8, 4) is 0 Å². The number of rotatable bonds is 3. The van der Waals surface area contributed by atoms with Crippen molar-refractivity contribution in [3.63, 3.8) is 0 Å². The Kier molecular flexibility index (Phi) is 5.34. The maximum Gasteiger partial charge on any atom is 0.246 e. The van der Waals surface area contributed by atoms with E-state index in [4.69, 9.17) is 0 Å². The molecular formula is C18H26N4O2S. The molecule has 1 aromatic rings. The van der Waals surface area contributed by atoms with Gasteiger partial charge in [0.25, 0.3) is 0 Å². The molecule has 1 atom stereocenters. The highest BCUT2D eigenvalue weighted by Crippen LogP contribution is 2.29. The van der Waals surface area contributed by atoms with Gasteiger partial charge in [-0.15, -0.1) is 11.8 Å². The lowest BCUT2D eigenvalue weighted by molar-refractivity contribution is -0.138. The van der Waals surface area contributed by atoms with Crippen LogP contribution < -0.4 is 5.32 Å². The van der Waals surface area contributed by atoms with E-state index in [2.05, 4.69) is 28.2 Å². The van der Waals surface area contributed by atoms with Crippen LogP contribution in [-0.2, 0) is 16.1 Å². The van der Waals surface area contributed by atoms with E-state index >= 15 is 0 Å². The Hall–Kier alpha value is -1.60. The van der Waals surface area contributed by atoms with Gasteiger partial charge < -0.3 is 10.2 Å². The van der Waals surface area contributed by atoms with Crippen LogP contribution >= 0.6 is 11.8 Å². The lowest BCUT2D eigenvalue weighted by Crippen LogP contribution is -2.60. The van der Waals surface area contributed by atoms with Gasteiger partial charge in [-0.25, -0.2) is 0 Å². The Morgan fingerprint density at radius 2 is 2.08 bits per heavy atom. The first-order chi connectivity index (χ1) is 11.9. The minimum Gasteiger partial charge on any atom is -0.342 e. The number of thioether (sulfide) groups is 1. The van der Waals surface area contributed by atoms with Crippen LogP contribution in [0.3, 0.4) is 0 Å². The van der Waals surface area contributed by atoms with Gasteiger partial charge >= 0.3 is 0 Å². The molecule has 2 aliphatic rings. The molecule has 1 unspecified atom stereocenters. The zero-order valence-corrected chi connectivity index (χ0v) is 15.9. The molecule has 7 heteroatoms. The van der Waals surface area contributed by atoms with E-state index in [0.717, 1.165) is 25.3 Å². The number of hydrogen-bond donors (Lipinski definition) is 1. The quantitative estimate of drug-likeness (QED) is 0.871. The van der Waals surface area contributed by atoms with Crippen LogP contribution in [0.15, 0.2) is 18.3 Å². The van der Waals surface area contributed by atoms with E-state index in [1.807, 2.05) is 31.0 Å². The number of nitrogens with one attached hydrogen (secondary N) is 1. The lowest BCUT2D eigenvalue weighted by atomic mass is 10.1. The van der Waals surface area contributed by atoms with Crippen LogP contribution in [0.25, 0.3) is 0 Å². The largest absolute Gasteiger partial charge is 0.342 e. The van der Waals surface area contributed by atoms with Crippen molar-refractivity contribution in [2.75, 3.05) is 31.9 Å². The monoisotopic (exact) mass is 362 g/mol. The highest BCUT2D eigenvalue weighted by Gasteiger charge is 2.39. The molecule has 2 amide bonds. The van der Waals surface area contributed by atoms with E-state index in [1.165, 1.54) is 5.56 Å². The average Bonchev–Trinajstić information content (AvgIpc) is 2.59. The second-order valence-corrected chi connectivity index (χ2v) is 8.86. The second-order valence-electron chi connectivity index (χ2n) is 7.22. The third-order valence-corrected chi connectivity index (χ3v) is 6.34. The molecular weight excluding hydrogens is 336 g/mol. The fraction of sp³-hybridized carbons (Fsp3) is 0.611. The summed E-state index contributed by atoms with van der Waals surface area (Å²) in [4.78, 5) is 33.4. The molecule has 1 aromatic heterocycles. The number of piperazine rings is 1. The number of aromatic nitrogens is 1. The SMILES string of the molecule is Cc1cccnc1CN1CCN(C(=O)C2CSC(C)(C)C(=O)N2)CC1. The third kappa shape index (κ3) is 4.15. The van der Waals surface area contributed by atoms with Crippen molar-refractivity contribution < 1.29 is 9.59 Å². The summed E-state index contributed by atoms with van der Waals surface area (Å²) in [6.07, 6.45) is 1.83. The van der Waals surface area contributed by atoms with Crippen molar-refractivity contribution in [1.82, 2.24) is 20.1 Å². The van der Waals surface area contributed by atoms with Gasteiger partial charge in [-0.1, -0.05) is 6.07 Å². The number of nitrogens with zero attached hydrogens (tertiary/aromatic N) is 3. The van der Waals surface area contributed by atoms with Gasteiger partial charge in [0.05, 0.1) is 10.4 Å². The molecule has 3 heterocycles. The first-order valence-corrected chi connectivity index (χ1v) is 9.72. The Morgan fingerprint density at radius 1 is 1.36 bits per heavy atom. The maximum atomic E-state index is 12.7. The van der Waals surface area contributed by atoms with E-state index in [-0.39, 0.29) is 11.8 Å². The first-order valence-electron chi connectivity index (χ1n) is 8.73. The molecule has 0 aliphatic carbocycles. The fourth-order valence-electron chi connectivity index (χ4n) is 3.11. The molecule has 6 nitrogen and oxygen atoms in total. The minimum absolute atomic E-state index is 0.0463. The van der Waals surface area contributed by atoms with E-state index in [1.54, 1.807) is 11.8 Å². The van der Waals surface area contributed by atoms with Crippen molar-refractivity contribution >= 4 is 23.6 Å². The van der Waals surface area contributed by atoms with E-state index in [9.17, 15) is 9.59 Å². The van der Waals surface area contributed by atoms with Crippen molar-refractivity contribution in [2.45, 2.75) is 38.1 Å². The van der Waals surface area contributed by atoms with Gasteiger partial charge in [0.1, 0.15) is 6.04 Å². The molecule has 0 radical (unpaired) electrons. The van der Waals surface area contributed by atoms with Gasteiger partial charge in [-0.05, 0) is 32.4 Å². The summed E-state index contributed by atoms with van der Waals surface area (Å²) >= 11 is 1.55. The van der Waals surface area contributed by atoms with Crippen LogP contribution in [0, 0.1) is 6.92 Å². The summed E-state index contributed by atoms with van der Waals surface area (Å²) in [7, 11) is 0. The first kappa shape index (κ1) is 18.2. The summed E-state index contributed by atoms with van der Waals surface area (Å²) in [6.45, 7) is 9.75. The van der Waals surface area contributed by atoms with Crippen LogP contribution in [0.1, 0.15) is 25.1 Å². The molecule has 0 saturated carbocycles. The predicted octanol–water partition coefficient (Wildman–Crippen LogP) is 1.04. The van der Waals surface area contributed by atoms with Gasteiger partial charge in [0, 0.05) is 44.7 Å². The van der Waals surface area contributed by atoms with E-state index in [0.29, 0.717) is 18.8 Å². The molecule has 2 saturated heterocycles. The fourth-order valence-corrected chi connectivity index (χ4v) is 4.11. The van der Waals surface area contributed by atoms with Gasteiger partial charge in [0.15, 0.2) is 0 Å². The zero-order chi connectivity index (χ0) is 18.0. The van der Waals surface area contributed by atoms with Gasteiger partial charge in [-0.3, -0.25) is 19.5 Å². The Labute approximate surface area is 153 Å². The molecule has 0 bridgehead atoms. The number of amides is 2. The molecule has 0 aromatic carbocycles. The van der Waals surface area contributed by atoms with Crippen molar-refractivity contribution in [3.05, 3.63) is 29.6 Å². The number of carbonyl (C=O) groups is 2. The zero-order valence-electron chi connectivity index (χ0n) is 15.1. The third-order valence-electron chi connectivity index (χ3n) is 4.94. The van der Waals surface area contributed by atoms with Crippen LogP contribution in [0.5, 0.6) is 0 Å². The number of aryl methyl sites for hydroxylation is 1. The van der Waals surface area contributed by atoms with Crippen LogP contribution in [0.2, 0.25) is 0 Å². The highest BCUT2D eigenvalue weighted by atomic mass is 32.2. The molecule has 0 spiro atoms. The van der Waals surface area contributed by atoms with Crippen molar-refractivity contribution in [2.24, 2.45) is 0 Å². The Morgan fingerprint density at radius 3 is 2.72 bits per heavy atom. The van der Waals surface area contributed by atoms with Gasteiger partial charge in [0.2, 0.25) is 11.8 Å². The standard InChI is InChI=1S/C18H26N4O2S/c1-13-5-4-6-19-14(13)11-21-7-9-22(10-8-21)16(23)15-12-25-18(2,3)17(24)20-15/h4-6,15H,7-12H2,1-3H3,(H,20,24). The summed E-state index contributed by atoms with van der Waals surface area (Å²) < 4.78 is -0.448. The molecule has 3 rings (SSSR count). The lowest BCUT2D eigenvalue weighted by Gasteiger charge is -2.39. The predicted molar refractivity (Wildman–Crippen MR) is 99.3 cm³/mol. The number of carbonyl (C=O) groups excluding carboxylic acids is 2. The number of hydrogen-bond acceptors (Lipinski definition) is 5. The molecule has 25 heavy (non-hydrogen) atoms. The second kappa shape index (κ2) is 7.33. The molecule has 2 aliphatic heterocycles. The summed E-state index contributed by atoms with van der Waals surface area (Å²) in [5, 5.41) is 2.89. The number of pyridine rings is 1. The maximum absolute atomic E-state index is 12.7. The molecule has 1 N–H and O–H groups in total. The van der Waals surface area contributed by atoms with E-state index < -0.39 is 10.8 Å². The molecule has 136 valence electrons.